The number of rotatable bonds is 6. The second-order valence-corrected chi connectivity index (χ2v) is 5.80. The van der Waals surface area contributed by atoms with E-state index in [0.29, 0.717) is 19.6 Å². The van der Waals surface area contributed by atoms with Crippen LogP contribution in [0.2, 0.25) is 0 Å². The molecule has 6 heteroatoms. The van der Waals surface area contributed by atoms with E-state index in [1.807, 2.05) is 24.3 Å². The van der Waals surface area contributed by atoms with Crippen LogP contribution in [0.1, 0.15) is 6.42 Å². The second-order valence-electron chi connectivity index (χ2n) is 4.88. The van der Waals surface area contributed by atoms with E-state index in [1.54, 1.807) is 0 Å². The minimum absolute atomic E-state index is 0.0860. The molecule has 1 saturated heterocycles. The van der Waals surface area contributed by atoms with Gasteiger partial charge in [-0.25, -0.2) is 0 Å². The van der Waals surface area contributed by atoms with Gasteiger partial charge >= 0.3 is 5.97 Å². The third kappa shape index (κ3) is 5.65. The van der Waals surface area contributed by atoms with E-state index in [0.717, 1.165) is 29.9 Å². The van der Waals surface area contributed by atoms with E-state index in [-0.39, 0.29) is 12.1 Å². The van der Waals surface area contributed by atoms with Gasteiger partial charge in [0.05, 0.1) is 26.2 Å². The first kappa shape index (κ1) is 16.3. The summed E-state index contributed by atoms with van der Waals surface area (Å²) < 4.78 is 17.0. The third-order valence-electron chi connectivity index (χ3n) is 3.32. The van der Waals surface area contributed by atoms with E-state index < -0.39 is 0 Å². The predicted octanol–water partition coefficient (Wildman–Crippen LogP) is 2.09. The molecule has 0 spiro atoms. The minimum Gasteiger partial charge on any atom is -0.492 e. The van der Waals surface area contributed by atoms with Gasteiger partial charge in [-0.1, -0.05) is 22.0 Å². The Morgan fingerprint density at radius 1 is 1.52 bits per heavy atom. The fourth-order valence-corrected chi connectivity index (χ4v) is 2.60. The number of carbonyl (C=O) groups excluding carboxylic acids is 1. The number of halogens is 1. The van der Waals surface area contributed by atoms with E-state index in [9.17, 15) is 4.79 Å². The van der Waals surface area contributed by atoms with Crippen LogP contribution in [0.5, 0.6) is 5.75 Å². The summed E-state index contributed by atoms with van der Waals surface area (Å²) in [7, 11) is 1.40. The largest absolute Gasteiger partial charge is 0.492 e. The van der Waals surface area contributed by atoms with Crippen LogP contribution in [-0.4, -0.2) is 56.9 Å². The number of benzene rings is 1. The summed E-state index contributed by atoms with van der Waals surface area (Å²) in [6.07, 6.45) is 0.219. The van der Waals surface area contributed by atoms with Crippen LogP contribution in [0.4, 0.5) is 0 Å². The van der Waals surface area contributed by atoms with Crippen LogP contribution in [0.15, 0.2) is 28.7 Å². The molecule has 1 aromatic carbocycles. The minimum atomic E-state index is -0.229. The van der Waals surface area contributed by atoms with Crippen molar-refractivity contribution in [2.45, 2.75) is 12.5 Å². The van der Waals surface area contributed by atoms with E-state index in [4.69, 9.17) is 9.47 Å². The SMILES string of the molecule is COC(=O)CC1CN(CCOc2cccc(Br)c2)CCO1. The quantitative estimate of drug-likeness (QED) is 0.729. The molecule has 1 heterocycles. The first-order chi connectivity index (χ1) is 10.2. The number of hydrogen-bond acceptors (Lipinski definition) is 5. The molecule has 0 bridgehead atoms. The number of hydrogen-bond donors (Lipinski definition) is 0. The number of ether oxygens (including phenoxy) is 3. The average molecular weight is 358 g/mol. The maximum absolute atomic E-state index is 11.3. The summed E-state index contributed by atoms with van der Waals surface area (Å²) >= 11 is 3.42. The average Bonchev–Trinajstić information content (AvgIpc) is 2.47. The lowest BCUT2D eigenvalue weighted by molar-refractivity contribution is -0.145. The molecule has 1 atom stereocenters. The van der Waals surface area contributed by atoms with Crippen molar-refractivity contribution in [3.05, 3.63) is 28.7 Å². The number of carbonyl (C=O) groups is 1. The molecule has 1 aromatic rings. The molecule has 5 nitrogen and oxygen atoms in total. The summed E-state index contributed by atoms with van der Waals surface area (Å²) in [5.41, 5.74) is 0. The molecule has 21 heavy (non-hydrogen) atoms. The zero-order chi connectivity index (χ0) is 15.1. The Morgan fingerprint density at radius 2 is 2.38 bits per heavy atom. The molecule has 0 radical (unpaired) electrons. The van der Waals surface area contributed by atoms with Crippen LogP contribution in [-0.2, 0) is 14.3 Å². The van der Waals surface area contributed by atoms with Crippen molar-refractivity contribution < 1.29 is 19.0 Å². The summed E-state index contributed by atoms with van der Waals surface area (Å²) in [5.74, 6) is 0.621. The molecule has 0 N–H and O–H groups in total. The third-order valence-corrected chi connectivity index (χ3v) is 3.81. The standard InChI is InChI=1S/C15H20BrNO4/c1-19-15(18)10-14-11-17(6-8-21-14)5-7-20-13-4-2-3-12(16)9-13/h2-4,9,14H,5-8,10-11H2,1H3. The zero-order valence-electron chi connectivity index (χ0n) is 12.1. The van der Waals surface area contributed by atoms with Crippen molar-refractivity contribution in [2.75, 3.05) is 40.0 Å². The van der Waals surface area contributed by atoms with Gasteiger partial charge in [-0.05, 0) is 18.2 Å². The van der Waals surface area contributed by atoms with Gasteiger partial charge in [0.25, 0.3) is 0 Å². The van der Waals surface area contributed by atoms with Crippen molar-refractivity contribution >= 4 is 21.9 Å². The van der Waals surface area contributed by atoms with Gasteiger partial charge in [-0.15, -0.1) is 0 Å². The molecular formula is C15H20BrNO4. The molecule has 116 valence electrons. The Hall–Kier alpha value is -1.11. The first-order valence-corrected chi connectivity index (χ1v) is 7.76. The fraction of sp³-hybridized carbons (Fsp3) is 0.533. The van der Waals surface area contributed by atoms with Crippen molar-refractivity contribution in [3.8, 4) is 5.75 Å². The van der Waals surface area contributed by atoms with E-state index in [2.05, 4.69) is 25.6 Å². The number of nitrogens with zero attached hydrogens (tertiary/aromatic N) is 1. The van der Waals surface area contributed by atoms with Crippen molar-refractivity contribution in [3.63, 3.8) is 0 Å². The Balaban J connectivity index is 1.71. The van der Waals surface area contributed by atoms with Gasteiger partial charge in [0.15, 0.2) is 0 Å². The smallest absolute Gasteiger partial charge is 0.308 e. The van der Waals surface area contributed by atoms with Crippen LogP contribution >= 0.6 is 15.9 Å². The number of methoxy groups -OCH3 is 1. The van der Waals surface area contributed by atoms with Gasteiger partial charge in [-0.3, -0.25) is 9.69 Å². The van der Waals surface area contributed by atoms with E-state index >= 15 is 0 Å². The van der Waals surface area contributed by atoms with Crippen LogP contribution in [0.3, 0.4) is 0 Å². The monoisotopic (exact) mass is 357 g/mol. The van der Waals surface area contributed by atoms with Gasteiger partial charge < -0.3 is 14.2 Å². The summed E-state index contributed by atoms with van der Waals surface area (Å²) in [6, 6.07) is 7.79. The van der Waals surface area contributed by atoms with Gasteiger partial charge in [0, 0.05) is 24.1 Å². The van der Waals surface area contributed by atoms with E-state index in [1.165, 1.54) is 7.11 Å². The molecule has 1 aliphatic heterocycles. The molecule has 1 unspecified atom stereocenters. The molecule has 1 aliphatic rings. The predicted molar refractivity (Wildman–Crippen MR) is 82.5 cm³/mol. The maximum Gasteiger partial charge on any atom is 0.308 e. The lowest BCUT2D eigenvalue weighted by Crippen LogP contribution is -2.44. The molecule has 0 amide bonds. The van der Waals surface area contributed by atoms with Crippen molar-refractivity contribution in [1.29, 1.82) is 0 Å². The van der Waals surface area contributed by atoms with Crippen molar-refractivity contribution in [2.24, 2.45) is 0 Å². The zero-order valence-corrected chi connectivity index (χ0v) is 13.7. The molecule has 0 saturated carbocycles. The van der Waals surface area contributed by atoms with Crippen LogP contribution in [0, 0.1) is 0 Å². The highest BCUT2D eigenvalue weighted by Gasteiger charge is 2.22. The normalized spacial score (nSPS) is 19.2. The fourth-order valence-electron chi connectivity index (χ4n) is 2.23. The lowest BCUT2D eigenvalue weighted by Gasteiger charge is -2.32. The van der Waals surface area contributed by atoms with Crippen molar-refractivity contribution in [1.82, 2.24) is 4.90 Å². The Bertz CT molecular complexity index is 469. The van der Waals surface area contributed by atoms with Gasteiger partial charge in [0.2, 0.25) is 0 Å². The second kappa shape index (κ2) is 8.36. The molecule has 2 rings (SSSR count). The molecule has 1 fully saturated rings. The summed E-state index contributed by atoms with van der Waals surface area (Å²) in [4.78, 5) is 13.5. The van der Waals surface area contributed by atoms with Crippen LogP contribution < -0.4 is 4.74 Å². The summed E-state index contributed by atoms with van der Waals surface area (Å²) in [6.45, 7) is 3.66. The highest BCUT2D eigenvalue weighted by Crippen LogP contribution is 2.17. The first-order valence-electron chi connectivity index (χ1n) is 6.96. The number of esters is 1. The Labute approximate surface area is 133 Å². The Kier molecular flexibility index (Phi) is 6.48. The molecular weight excluding hydrogens is 338 g/mol. The van der Waals surface area contributed by atoms with Gasteiger partial charge in [-0.2, -0.15) is 0 Å². The molecule has 0 aliphatic carbocycles. The highest BCUT2D eigenvalue weighted by molar-refractivity contribution is 9.10. The highest BCUT2D eigenvalue weighted by atomic mass is 79.9. The number of morpholine rings is 1. The summed E-state index contributed by atoms with van der Waals surface area (Å²) in [5, 5.41) is 0. The Morgan fingerprint density at radius 3 is 3.14 bits per heavy atom. The maximum atomic E-state index is 11.3. The lowest BCUT2D eigenvalue weighted by atomic mass is 10.2. The molecule has 0 aromatic heterocycles. The van der Waals surface area contributed by atoms with Crippen LogP contribution in [0.25, 0.3) is 0 Å². The topological polar surface area (TPSA) is 48.0 Å². The van der Waals surface area contributed by atoms with Gasteiger partial charge in [0.1, 0.15) is 12.4 Å².